The molecule has 1 fully saturated rings. The fraction of sp³-hybridized carbons (Fsp3) is 0.333. The van der Waals surface area contributed by atoms with Crippen molar-refractivity contribution in [3.63, 3.8) is 0 Å². The summed E-state index contributed by atoms with van der Waals surface area (Å²) in [5.74, 6) is 0.333. The van der Waals surface area contributed by atoms with E-state index in [1.54, 1.807) is 6.92 Å². The van der Waals surface area contributed by atoms with E-state index in [0.717, 1.165) is 33.0 Å². The zero-order valence-electron chi connectivity index (χ0n) is 15.2. The van der Waals surface area contributed by atoms with Gasteiger partial charge in [-0.15, -0.1) is 0 Å². The van der Waals surface area contributed by atoms with E-state index in [1.807, 2.05) is 42.5 Å². The molecule has 5 nitrogen and oxygen atoms in total. The van der Waals surface area contributed by atoms with Crippen molar-refractivity contribution in [3.8, 4) is 0 Å². The second-order valence-corrected chi connectivity index (χ2v) is 8.63. The molecule has 140 valence electrons. The van der Waals surface area contributed by atoms with Crippen molar-refractivity contribution >= 4 is 45.5 Å². The molecule has 2 aromatic carbocycles. The van der Waals surface area contributed by atoms with E-state index in [2.05, 4.69) is 43.5 Å². The van der Waals surface area contributed by atoms with Crippen LogP contribution in [0.3, 0.4) is 0 Å². The third-order valence-corrected chi connectivity index (χ3v) is 5.91. The molecule has 1 amide bonds. The molecule has 1 aliphatic carbocycles. The highest BCUT2D eigenvalue weighted by atomic mass is 127. The van der Waals surface area contributed by atoms with E-state index < -0.39 is 5.60 Å². The number of amides is 1. The van der Waals surface area contributed by atoms with Crippen LogP contribution < -0.4 is 5.32 Å². The Morgan fingerprint density at radius 3 is 2.70 bits per heavy atom. The van der Waals surface area contributed by atoms with Crippen LogP contribution in [0.15, 0.2) is 48.5 Å². The second-order valence-electron chi connectivity index (χ2n) is 7.39. The van der Waals surface area contributed by atoms with Gasteiger partial charge in [-0.1, -0.05) is 30.3 Å². The fourth-order valence-electron chi connectivity index (χ4n) is 3.55. The van der Waals surface area contributed by atoms with Crippen LogP contribution in [0.4, 0.5) is 5.95 Å². The van der Waals surface area contributed by atoms with Gasteiger partial charge in [-0.3, -0.25) is 10.1 Å². The highest BCUT2D eigenvalue weighted by molar-refractivity contribution is 14.1. The lowest BCUT2D eigenvalue weighted by Crippen LogP contribution is -2.30. The normalized spacial score (nSPS) is 16.7. The lowest BCUT2D eigenvalue weighted by atomic mass is 9.92. The maximum atomic E-state index is 12.7. The molecule has 0 spiro atoms. The van der Waals surface area contributed by atoms with Crippen molar-refractivity contribution < 1.29 is 9.90 Å². The average molecular weight is 475 g/mol. The van der Waals surface area contributed by atoms with Crippen LogP contribution in [0.1, 0.15) is 44.2 Å². The molecular weight excluding hydrogens is 453 g/mol. The molecule has 1 aliphatic rings. The molecule has 0 radical (unpaired) electrons. The highest BCUT2D eigenvalue weighted by Crippen LogP contribution is 2.37. The number of benzene rings is 2. The SMILES string of the molecule is CC(O)(CC(=O)Nc1nc2ccc(I)cc2n1C1CCC1)c1ccccc1. The largest absolute Gasteiger partial charge is 0.385 e. The first-order chi connectivity index (χ1) is 12.9. The van der Waals surface area contributed by atoms with Crippen molar-refractivity contribution in [2.45, 2.75) is 44.2 Å². The van der Waals surface area contributed by atoms with Crippen LogP contribution in [0.2, 0.25) is 0 Å². The predicted octanol–water partition coefficient (Wildman–Crippen LogP) is 4.60. The van der Waals surface area contributed by atoms with Gasteiger partial charge in [0.25, 0.3) is 0 Å². The first kappa shape index (κ1) is 18.4. The second kappa shape index (κ2) is 7.24. The van der Waals surface area contributed by atoms with Crippen molar-refractivity contribution in [2.24, 2.45) is 0 Å². The Morgan fingerprint density at radius 2 is 2.04 bits per heavy atom. The number of carbonyl (C=O) groups is 1. The average Bonchev–Trinajstić information content (AvgIpc) is 2.91. The lowest BCUT2D eigenvalue weighted by Gasteiger charge is -2.29. The Bertz CT molecular complexity index is 978. The van der Waals surface area contributed by atoms with Gasteiger partial charge in [0, 0.05) is 9.61 Å². The topological polar surface area (TPSA) is 67.2 Å². The van der Waals surface area contributed by atoms with Crippen LogP contribution in [0.5, 0.6) is 0 Å². The Kier molecular flexibility index (Phi) is 4.94. The number of hydrogen-bond donors (Lipinski definition) is 2. The molecule has 0 bridgehead atoms. The maximum Gasteiger partial charge on any atom is 0.229 e. The van der Waals surface area contributed by atoms with Gasteiger partial charge in [0.2, 0.25) is 11.9 Å². The summed E-state index contributed by atoms with van der Waals surface area (Å²) in [7, 11) is 0. The molecule has 2 N–H and O–H groups in total. The summed E-state index contributed by atoms with van der Waals surface area (Å²) in [5, 5.41) is 13.7. The van der Waals surface area contributed by atoms with Crippen molar-refractivity contribution in [1.29, 1.82) is 0 Å². The van der Waals surface area contributed by atoms with Crippen molar-refractivity contribution in [1.82, 2.24) is 9.55 Å². The first-order valence-electron chi connectivity index (χ1n) is 9.19. The minimum atomic E-state index is -1.23. The van der Waals surface area contributed by atoms with Gasteiger partial charge < -0.3 is 9.67 Å². The number of carbonyl (C=O) groups excluding carboxylic acids is 1. The number of anilines is 1. The number of aromatic nitrogens is 2. The van der Waals surface area contributed by atoms with Crippen LogP contribution in [0, 0.1) is 3.57 Å². The van der Waals surface area contributed by atoms with Crippen LogP contribution in [0.25, 0.3) is 11.0 Å². The smallest absolute Gasteiger partial charge is 0.229 e. The van der Waals surface area contributed by atoms with Gasteiger partial charge in [0.05, 0.1) is 23.1 Å². The van der Waals surface area contributed by atoms with E-state index in [9.17, 15) is 9.90 Å². The van der Waals surface area contributed by atoms with E-state index in [1.165, 1.54) is 6.42 Å². The molecule has 1 aromatic heterocycles. The van der Waals surface area contributed by atoms with Crippen molar-refractivity contribution in [3.05, 3.63) is 57.7 Å². The summed E-state index contributed by atoms with van der Waals surface area (Å²) in [6.45, 7) is 1.67. The van der Waals surface area contributed by atoms with Gasteiger partial charge in [0.15, 0.2) is 0 Å². The van der Waals surface area contributed by atoms with Gasteiger partial charge in [-0.05, 0) is 72.5 Å². The highest BCUT2D eigenvalue weighted by Gasteiger charge is 2.29. The van der Waals surface area contributed by atoms with Gasteiger partial charge in [-0.2, -0.15) is 0 Å². The molecule has 1 saturated carbocycles. The molecule has 1 atom stereocenters. The molecule has 1 heterocycles. The fourth-order valence-corrected chi connectivity index (χ4v) is 4.02. The first-order valence-corrected chi connectivity index (χ1v) is 10.3. The van der Waals surface area contributed by atoms with Crippen LogP contribution >= 0.6 is 22.6 Å². The molecule has 0 saturated heterocycles. The summed E-state index contributed by atoms with van der Waals surface area (Å²) in [4.78, 5) is 17.3. The van der Waals surface area contributed by atoms with E-state index in [0.29, 0.717) is 12.0 Å². The van der Waals surface area contributed by atoms with Crippen LogP contribution in [-0.4, -0.2) is 20.6 Å². The summed E-state index contributed by atoms with van der Waals surface area (Å²) in [5.41, 5.74) is 1.43. The Labute approximate surface area is 171 Å². The Balaban J connectivity index is 1.60. The third kappa shape index (κ3) is 3.73. The number of nitrogens with one attached hydrogen (secondary N) is 1. The Hall–Kier alpha value is -1.93. The number of halogens is 1. The van der Waals surface area contributed by atoms with Gasteiger partial charge in [0.1, 0.15) is 0 Å². The monoisotopic (exact) mass is 475 g/mol. The minimum Gasteiger partial charge on any atom is -0.385 e. The zero-order chi connectivity index (χ0) is 19.0. The minimum absolute atomic E-state index is 0.0254. The molecule has 1 unspecified atom stereocenters. The summed E-state index contributed by atoms with van der Waals surface area (Å²) >= 11 is 2.30. The van der Waals surface area contributed by atoms with E-state index >= 15 is 0 Å². The number of nitrogens with zero attached hydrogens (tertiary/aromatic N) is 2. The molecule has 0 aliphatic heterocycles. The van der Waals surface area contributed by atoms with Gasteiger partial charge >= 0.3 is 0 Å². The zero-order valence-corrected chi connectivity index (χ0v) is 17.3. The van der Waals surface area contributed by atoms with E-state index in [4.69, 9.17) is 0 Å². The van der Waals surface area contributed by atoms with Crippen LogP contribution in [-0.2, 0) is 10.4 Å². The maximum absolute atomic E-state index is 12.7. The standard InChI is InChI=1S/C21H22IN3O2/c1-21(27,14-6-3-2-4-7-14)13-19(26)24-20-23-17-11-10-15(22)12-18(17)25(20)16-8-5-9-16/h2-4,6-7,10-12,16,27H,5,8-9,13H2,1H3,(H,23,24,26). The molecule has 27 heavy (non-hydrogen) atoms. The molecular formula is C21H22IN3O2. The lowest BCUT2D eigenvalue weighted by molar-refractivity contribution is -0.120. The number of imidazole rings is 1. The molecule has 4 rings (SSSR count). The van der Waals surface area contributed by atoms with Gasteiger partial charge in [-0.25, -0.2) is 4.98 Å². The number of rotatable bonds is 5. The predicted molar refractivity (Wildman–Crippen MR) is 115 cm³/mol. The summed E-state index contributed by atoms with van der Waals surface area (Å²) in [6.07, 6.45) is 3.37. The quantitative estimate of drug-likeness (QED) is 0.530. The van der Waals surface area contributed by atoms with E-state index in [-0.39, 0.29) is 12.3 Å². The Morgan fingerprint density at radius 1 is 1.30 bits per heavy atom. The summed E-state index contributed by atoms with van der Waals surface area (Å²) < 4.78 is 3.29. The number of hydrogen-bond acceptors (Lipinski definition) is 3. The summed E-state index contributed by atoms with van der Waals surface area (Å²) in [6, 6.07) is 15.8. The number of fused-ring (bicyclic) bond motifs is 1. The third-order valence-electron chi connectivity index (χ3n) is 5.24. The molecule has 3 aromatic rings. The number of aliphatic hydroxyl groups is 1. The van der Waals surface area contributed by atoms with Crippen molar-refractivity contribution in [2.75, 3.05) is 5.32 Å². The molecule has 6 heteroatoms.